The molecule has 0 atom stereocenters. The quantitative estimate of drug-likeness (QED) is 0.544. The zero-order valence-electron chi connectivity index (χ0n) is 10.8. The van der Waals surface area contributed by atoms with Gasteiger partial charge < -0.3 is 9.84 Å². The molecular formula is C16H12O4. The molecule has 4 nitrogen and oxygen atoms in total. The van der Waals surface area contributed by atoms with Crippen LogP contribution in [0.4, 0.5) is 0 Å². The average molecular weight is 268 g/mol. The second-order valence-electron chi connectivity index (χ2n) is 4.69. The molecule has 0 bridgehead atoms. The van der Waals surface area contributed by atoms with Crippen molar-refractivity contribution in [3.05, 3.63) is 58.7 Å². The van der Waals surface area contributed by atoms with Gasteiger partial charge in [-0.05, 0) is 12.1 Å². The van der Waals surface area contributed by atoms with E-state index in [9.17, 15) is 14.7 Å². The number of phenolic OH excluding ortho intramolecular Hbond substituents is 1. The zero-order chi connectivity index (χ0) is 14.3. The largest absolute Gasteiger partial charge is 0.508 e. The van der Waals surface area contributed by atoms with Crippen molar-refractivity contribution in [2.45, 2.75) is 13.3 Å². The summed E-state index contributed by atoms with van der Waals surface area (Å²) < 4.78 is 5.14. The molecule has 0 fully saturated rings. The van der Waals surface area contributed by atoms with Gasteiger partial charge in [-0.1, -0.05) is 24.3 Å². The molecule has 1 aliphatic carbocycles. The van der Waals surface area contributed by atoms with Gasteiger partial charge in [-0.15, -0.1) is 0 Å². The predicted molar refractivity (Wildman–Crippen MR) is 72.1 cm³/mol. The molecule has 2 aromatic rings. The molecule has 0 saturated heterocycles. The van der Waals surface area contributed by atoms with Crippen LogP contribution in [0, 0.1) is 0 Å². The van der Waals surface area contributed by atoms with Gasteiger partial charge in [0.2, 0.25) is 0 Å². The highest BCUT2D eigenvalue weighted by molar-refractivity contribution is 6.13. The summed E-state index contributed by atoms with van der Waals surface area (Å²) in [6.07, 6.45) is 0.368. The minimum Gasteiger partial charge on any atom is -0.508 e. The maximum atomic E-state index is 12.4. The molecule has 100 valence electrons. The van der Waals surface area contributed by atoms with Gasteiger partial charge in [-0.3, -0.25) is 9.59 Å². The Labute approximate surface area is 115 Å². The molecule has 0 heterocycles. The van der Waals surface area contributed by atoms with Crippen LogP contribution in [-0.4, -0.2) is 16.9 Å². The number of phenols is 1. The van der Waals surface area contributed by atoms with Crippen molar-refractivity contribution in [1.82, 2.24) is 0 Å². The van der Waals surface area contributed by atoms with E-state index in [1.54, 1.807) is 36.4 Å². The molecule has 1 aliphatic rings. The number of ketones is 1. The van der Waals surface area contributed by atoms with Gasteiger partial charge in [-0.25, -0.2) is 0 Å². The fourth-order valence-corrected chi connectivity index (χ4v) is 2.51. The highest BCUT2D eigenvalue weighted by Crippen LogP contribution is 2.36. The molecule has 0 amide bonds. The third kappa shape index (κ3) is 1.86. The van der Waals surface area contributed by atoms with Crippen LogP contribution in [-0.2, 0) is 11.2 Å². The van der Waals surface area contributed by atoms with Crippen LogP contribution in [0.25, 0.3) is 0 Å². The number of aromatic hydroxyl groups is 1. The fraction of sp³-hybridized carbons (Fsp3) is 0.125. The Morgan fingerprint density at radius 1 is 1.10 bits per heavy atom. The summed E-state index contributed by atoms with van der Waals surface area (Å²) >= 11 is 0. The molecule has 0 aliphatic heterocycles. The van der Waals surface area contributed by atoms with Gasteiger partial charge in [0, 0.05) is 35.6 Å². The lowest BCUT2D eigenvalue weighted by Gasteiger charge is -2.21. The van der Waals surface area contributed by atoms with Crippen molar-refractivity contribution >= 4 is 11.8 Å². The molecule has 2 aromatic carbocycles. The number of carbonyl (C=O) groups is 2. The fourth-order valence-electron chi connectivity index (χ4n) is 2.51. The summed E-state index contributed by atoms with van der Waals surface area (Å²) in [6, 6.07) is 9.93. The van der Waals surface area contributed by atoms with Gasteiger partial charge in [-0.2, -0.15) is 0 Å². The molecule has 0 unspecified atom stereocenters. The molecule has 20 heavy (non-hydrogen) atoms. The molecule has 0 radical (unpaired) electrons. The van der Waals surface area contributed by atoms with E-state index >= 15 is 0 Å². The van der Waals surface area contributed by atoms with Crippen LogP contribution in [0.15, 0.2) is 36.4 Å². The van der Waals surface area contributed by atoms with E-state index in [0.29, 0.717) is 34.4 Å². The first kappa shape index (κ1) is 12.4. The Morgan fingerprint density at radius 2 is 1.75 bits per heavy atom. The van der Waals surface area contributed by atoms with Crippen LogP contribution in [0.1, 0.15) is 34.0 Å². The van der Waals surface area contributed by atoms with E-state index < -0.39 is 5.97 Å². The summed E-state index contributed by atoms with van der Waals surface area (Å²) in [5.74, 6) is -0.142. The second-order valence-corrected chi connectivity index (χ2v) is 4.69. The Kier molecular flexibility index (Phi) is 2.79. The van der Waals surface area contributed by atoms with Gasteiger partial charge in [0.1, 0.15) is 11.5 Å². The molecule has 0 spiro atoms. The highest BCUT2D eigenvalue weighted by atomic mass is 16.5. The summed E-state index contributed by atoms with van der Waals surface area (Å²) in [5.41, 5.74) is 2.23. The van der Waals surface area contributed by atoms with E-state index in [1.807, 2.05) is 0 Å². The first-order chi connectivity index (χ1) is 9.58. The predicted octanol–water partition coefficient (Wildman–Crippen LogP) is 2.45. The third-order valence-corrected chi connectivity index (χ3v) is 3.38. The van der Waals surface area contributed by atoms with Crippen molar-refractivity contribution in [3.63, 3.8) is 0 Å². The minimum absolute atomic E-state index is 0.0825. The van der Waals surface area contributed by atoms with Crippen LogP contribution in [0.5, 0.6) is 11.5 Å². The van der Waals surface area contributed by atoms with E-state index in [1.165, 1.54) is 6.92 Å². The molecule has 1 N–H and O–H groups in total. The normalized spacial score (nSPS) is 12.6. The van der Waals surface area contributed by atoms with Crippen molar-refractivity contribution in [1.29, 1.82) is 0 Å². The lowest BCUT2D eigenvalue weighted by molar-refractivity contribution is -0.131. The van der Waals surface area contributed by atoms with Crippen LogP contribution in [0.2, 0.25) is 0 Å². The maximum absolute atomic E-state index is 12.4. The van der Waals surface area contributed by atoms with E-state index in [2.05, 4.69) is 0 Å². The summed E-state index contributed by atoms with van der Waals surface area (Å²) in [5, 5.41) is 9.91. The average Bonchev–Trinajstić information content (AvgIpc) is 2.41. The van der Waals surface area contributed by atoms with Crippen molar-refractivity contribution < 1.29 is 19.4 Å². The number of rotatable bonds is 1. The monoisotopic (exact) mass is 268 g/mol. The Balaban J connectivity index is 2.18. The number of esters is 1. The zero-order valence-corrected chi connectivity index (χ0v) is 10.8. The molecule has 3 rings (SSSR count). The lowest BCUT2D eigenvalue weighted by Crippen LogP contribution is -2.17. The highest BCUT2D eigenvalue weighted by Gasteiger charge is 2.27. The standard InChI is InChI=1S/C16H12O4/c1-9(17)20-15-7-3-5-11-13(15)8-12-10(16(11)19)4-2-6-14(12)18/h2-7,18H,8H2,1H3. The van der Waals surface area contributed by atoms with Crippen LogP contribution >= 0.6 is 0 Å². The van der Waals surface area contributed by atoms with Gasteiger partial charge in [0.05, 0.1) is 0 Å². The number of ether oxygens (including phenoxy) is 1. The first-order valence-corrected chi connectivity index (χ1v) is 6.24. The number of hydrogen-bond acceptors (Lipinski definition) is 4. The van der Waals surface area contributed by atoms with Crippen LogP contribution < -0.4 is 4.74 Å². The number of benzene rings is 2. The lowest BCUT2D eigenvalue weighted by atomic mass is 9.84. The number of hydrogen-bond donors (Lipinski definition) is 1. The minimum atomic E-state index is -0.436. The summed E-state index contributed by atoms with van der Waals surface area (Å²) in [4.78, 5) is 23.6. The van der Waals surface area contributed by atoms with Gasteiger partial charge in [0.25, 0.3) is 0 Å². The topological polar surface area (TPSA) is 63.6 Å². The second kappa shape index (κ2) is 4.49. The first-order valence-electron chi connectivity index (χ1n) is 6.24. The number of carbonyl (C=O) groups excluding carboxylic acids is 2. The number of fused-ring (bicyclic) bond motifs is 2. The summed E-state index contributed by atoms with van der Waals surface area (Å²) in [7, 11) is 0. The van der Waals surface area contributed by atoms with Crippen LogP contribution in [0.3, 0.4) is 0 Å². The molecular weight excluding hydrogens is 256 g/mol. The van der Waals surface area contributed by atoms with Gasteiger partial charge >= 0.3 is 5.97 Å². The molecule has 4 heteroatoms. The summed E-state index contributed by atoms with van der Waals surface area (Å²) in [6.45, 7) is 1.31. The molecule has 0 saturated carbocycles. The molecule has 0 aromatic heterocycles. The Morgan fingerprint density at radius 3 is 2.45 bits per heavy atom. The SMILES string of the molecule is CC(=O)Oc1cccc2c1Cc1c(O)cccc1C2=O. The van der Waals surface area contributed by atoms with E-state index in [4.69, 9.17) is 4.74 Å². The van der Waals surface area contributed by atoms with Gasteiger partial charge in [0.15, 0.2) is 5.78 Å². The third-order valence-electron chi connectivity index (χ3n) is 3.38. The smallest absolute Gasteiger partial charge is 0.308 e. The Hall–Kier alpha value is -2.62. The Bertz CT molecular complexity index is 731. The van der Waals surface area contributed by atoms with Crippen molar-refractivity contribution in [2.75, 3.05) is 0 Å². The van der Waals surface area contributed by atoms with E-state index in [-0.39, 0.29) is 11.5 Å². The van der Waals surface area contributed by atoms with Crippen molar-refractivity contribution in [3.8, 4) is 11.5 Å². The maximum Gasteiger partial charge on any atom is 0.308 e. The van der Waals surface area contributed by atoms with E-state index in [0.717, 1.165) is 0 Å². The van der Waals surface area contributed by atoms with Crippen molar-refractivity contribution in [2.24, 2.45) is 0 Å².